The molecule has 0 saturated carbocycles. The van der Waals surface area contributed by atoms with Gasteiger partial charge in [0, 0.05) is 11.1 Å². The van der Waals surface area contributed by atoms with E-state index in [0.29, 0.717) is 11.1 Å². The van der Waals surface area contributed by atoms with Crippen molar-refractivity contribution in [3.63, 3.8) is 0 Å². The van der Waals surface area contributed by atoms with Crippen LogP contribution < -0.4 is 4.57 Å². The van der Waals surface area contributed by atoms with Crippen molar-refractivity contribution in [3.05, 3.63) is 89.5 Å². The Labute approximate surface area is 147 Å². The molecule has 0 spiro atoms. The van der Waals surface area contributed by atoms with Crippen molar-refractivity contribution in [2.24, 2.45) is 0 Å². The summed E-state index contributed by atoms with van der Waals surface area (Å²) in [6.07, 6.45) is 5.42. The molecule has 1 heterocycles. The predicted octanol–water partition coefficient (Wildman–Crippen LogP) is 3.16. The Bertz CT molecular complexity index is 816. The number of nitrogens with zero attached hydrogens (tertiary/aromatic N) is 2. The van der Waals surface area contributed by atoms with E-state index < -0.39 is 0 Å². The first kappa shape index (κ1) is 16.8. The fraction of sp³-hybridized carbons (Fsp3) is 0.190. The molecule has 2 aromatic carbocycles. The smallest absolute Gasteiger partial charge is 0.244 e. The number of Topliss-reactive ketones (excluding diaryl/α,β-unsaturated/α-hetero) is 2. The van der Waals surface area contributed by atoms with E-state index in [1.807, 2.05) is 74.8 Å². The lowest BCUT2D eigenvalue weighted by molar-refractivity contribution is -0.682. The molecule has 3 aromatic rings. The van der Waals surface area contributed by atoms with Gasteiger partial charge in [-0.1, -0.05) is 59.7 Å². The molecule has 0 fully saturated rings. The number of hydrogen-bond acceptors (Lipinski definition) is 2. The zero-order valence-corrected chi connectivity index (χ0v) is 14.5. The second-order valence-corrected chi connectivity index (χ2v) is 6.34. The summed E-state index contributed by atoms with van der Waals surface area (Å²) in [7, 11) is 0. The van der Waals surface area contributed by atoms with Crippen LogP contribution in [0, 0.1) is 13.8 Å². The number of rotatable bonds is 6. The summed E-state index contributed by atoms with van der Waals surface area (Å²) in [4.78, 5) is 24.6. The molecule has 0 N–H and O–H groups in total. The van der Waals surface area contributed by atoms with Gasteiger partial charge in [0.05, 0.1) is 0 Å². The highest BCUT2D eigenvalue weighted by molar-refractivity contribution is 5.96. The number of carbonyl (C=O) groups excluding carboxylic acids is 2. The van der Waals surface area contributed by atoms with Crippen molar-refractivity contribution in [2.45, 2.75) is 26.9 Å². The molecule has 0 amide bonds. The van der Waals surface area contributed by atoms with Crippen LogP contribution in [0.15, 0.2) is 67.3 Å². The maximum atomic E-state index is 12.3. The SMILES string of the molecule is Cc1ccc(C(=O)Cn2cc[n+](CC(=O)c3ccc(C)cc3)c2)cc1. The molecule has 0 aliphatic carbocycles. The summed E-state index contributed by atoms with van der Waals surface area (Å²) in [5, 5.41) is 0. The third-order valence-electron chi connectivity index (χ3n) is 4.15. The molecule has 126 valence electrons. The Kier molecular flexibility index (Phi) is 4.89. The first-order valence-corrected chi connectivity index (χ1v) is 8.26. The van der Waals surface area contributed by atoms with Crippen LogP contribution in [-0.4, -0.2) is 16.1 Å². The first-order valence-electron chi connectivity index (χ1n) is 8.26. The van der Waals surface area contributed by atoms with E-state index in [9.17, 15) is 9.59 Å². The third kappa shape index (κ3) is 4.29. The highest BCUT2D eigenvalue weighted by Crippen LogP contribution is 2.06. The minimum atomic E-state index is 0.0487. The van der Waals surface area contributed by atoms with Crippen LogP contribution in [0.1, 0.15) is 31.8 Å². The number of imidazole rings is 1. The number of hydrogen-bond donors (Lipinski definition) is 0. The Hall–Kier alpha value is -3.01. The van der Waals surface area contributed by atoms with Crippen LogP contribution in [0.5, 0.6) is 0 Å². The Morgan fingerprint density at radius 1 is 0.840 bits per heavy atom. The Morgan fingerprint density at radius 3 is 1.92 bits per heavy atom. The molecular weight excluding hydrogens is 312 g/mol. The van der Waals surface area contributed by atoms with Crippen LogP contribution in [0.2, 0.25) is 0 Å². The topological polar surface area (TPSA) is 43.0 Å². The van der Waals surface area contributed by atoms with Crippen molar-refractivity contribution >= 4 is 11.6 Å². The van der Waals surface area contributed by atoms with Crippen LogP contribution in [-0.2, 0) is 13.1 Å². The average Bonchev–Trinajstić information content (AvgIpc) is 3.02. The summed E-state index contributed by atoms with van der Waals surface area (Å²) in [5.41, 5.74) is 3.65. The van der Waals surface area contributed by atoms with Gasteiger partial charge >= 0.3 is 0 Å². The number of aromatic nitrogens is 2. The van der Waals surface area contributed by atoms with Crippen LogP contribution in [0.4, 0.5) is 0 Å². The van der Waals surface area contributed by atoms with Gasteiger partial charge in [0.25, 0.3) is 0 Å². The zero-order chi connectivity index (χ0) is 17.8. The molecular formula is C21H21N2O2+. The molecule has 0 aliphatic rings. The maximum Gasteiger partial charge on any atom is 0.244 e. The quantitative estimate of drug-likeness (QED) is 0.514. The minimum absolute atomic E-state index is 0.0487. The summed E-state index contributed by atoms with van der Waals surface area (Å²) in [5.74, 6) is 0.0974. The molecule has 1 aromatic heterocycles. The second-order valence-electron chi connectivity index (χ2n) is 6.34. The molecule has 0 saturated heterocycles. The summed E-state index contributed by atoms with van der Waals surface area (Å²) >= 11 is 0. The fourth-order valence-electron chi connectivity index (χ4n) is 2.62. The molecule has 0 radical (unpaired) electrons. The average molecular weight is 333 g/mol. The summed E-state index contributed by atoms with van der Waals surface area (Å²) in [6, 6.07) is 15.1. The zero-order valence-electron chi connectivity index (χ0n) is 14.5. The molecule has 0 aliphatic heterocycles. The van der Waals surface area contributed by atoms with Gasteiger partial charge in [-0.05, 0) is 13.8 Å². The molecule has 25 heavy (non-hydrogen) atoms. The van der Waals surface area contributed by atoms with Gasteiger partial charge in [-0.2, -0.15) is 0 Å². The molecule has 4 heteroatoms. The van der Waals surface area contributed by atoms with Crippen LogP contribution in [0.3, 0.4) is 0 Å². The predicted molar refractivity (Wildman–Crippen MR) is 95.6 cm³/mol. The van der Waals surface area contributed by atoms with Crippen LogP contribution in [0.25, 0.3) is 0 Å². The van der Waals surface area contributed by atoms with Gasteiger partial charge in [0.15, 0.2) is 13.1 Å². The maximum absolute atomic E-state index is 12.3. The fourth-order valence-corrected chi connectivity index (χ4v) is 2.62. The van der Waals surface area contributed by atoms with Crippen molar-refractivity contribution in [1.82, 2.24) is 4.57 Å². The van der Waals surface area contributed by atoms with E-state index in [0.717, 1.165) is 11.1 Å². The van der Waals surface area contributed by atoms with Crippen molar-refractivity contribution in [2.75, 3.05) is 0 Å². The lowest BCUT2D eigenvalue weighted by Crippen LogP contribution is -2.36. The third-order valence-corrected chi connectivity index (χ3v) is 4.15. The van der Waals surface area contributed by atoms with E-state index in [-0.39, 0.29) is 24.7 Å². The number of carbonyl (C=O) groups is 2. The van der Waals surface area contributed by atoms with E-state index >= 15 is 0 Å². The van der Waals surface area contributed by atoms with Gasteiger partial charge < -0.3 is 0 Å². The number of benzene rings is 2. The lowest BCUT2D eigenvalue weighted by atomic mass is 10.1. The highest BCUT2D eigenvalue weighted by Gasteiger charge is 2.14. The van der Waals surface area contributed by atoms with Crippen molar-refractivity contribution < 1.29 is 14.2 Å². The molecule has 3 rings (SSSR count). The van der Waals surface area contributed by atoms with Crippen molar-refractivity contribution in [3.8, 4) is 0 Å². The minimum Gasteiger partial charge on any atom is -0.290 e. The van der Waals surface area contributed by atoms with E-state index in [1.165, 1.54) is 0 Å². The molecule has 4 nitrogen and oxygen atoms in total. The summed E-state index contributed by atoms with van der Waals surface area (Å²) in [6.45, 7) is 4.51. The number of aryl methyl sites for hydroxylation is 2. The molecule has 0 atom stereocenters. The van der Waals surface area contributed by atoms with E-state index in [1.54, 1.807) is 15.5 Å². The van der Waals surface area contributed by atoms with E-state index in [4.69, 9.17) is 0 Å². The largest absolute Gasteiger partial charge is 0.290 e. The van der Waals surface area contributed by atoms with Gasteiger partial charge in [0.1, 0.15) is 12.4 Å². The standard InChI is InChI=1S/C21H21N2O2/c1-16-3-7-18(8-4-16)20(24)13-22-11-12-23(15-22)14-21(25)19-9-5-17(2)6-10-19/h3-12,15H,13-14H2,1-2H3/q+1. The second kappa shape index (κ2) is 7.26. The Balaban J connectivity index is 1.64. The van der Waals surface area contributed by atoms with Crippen LogP contribution >= 0.6 is 0 Å². The lowest BCUT2D eigenvalue weighted by Gasteiger charge is -2.00. The monoisotopic (exact) mass is 333 g/mol. The normalized spacial score (nSPS) is 10.6. The van der Waals surface area contributed by atoms with E-state index in [2.05, 4.69) is 0 Å². The highest BCUT2D eigenvalue weighted by atomic mass is 16.1. The number of ketones is 2. The van der Waals surface area contributed by atoms with Gasteiger partial charge in [0.2, 0.25) is 17.9 Å². The van der Waals surface area contributed by atoms with Crippen molar-refractivity contribution in [1.29, 1.82) is 0 Å². The summed E-state index contributed by atoms with van der Waals surface area (Å²) < 4.78 is 3.59. The van der Waals surface area contributed by atoms with Gasteiger partial charge in [-0.3, -0.25) is 9.59 Å². The first-order chi connectivity index (χ1) is 12.0. The van der Waals surface area contributed by atoms with Gasteiger partial charge in [-0.25, -0.2) is 9.13 Å². The van der Waals surface area contributed by atoms with Gasteiger partial charge in [-0.15, -0.1) is 0 Å². The Morgan fingerprint density at radius 2 is 1.36 bits per heavy atom. The molecule has 0 unspecified atom stereocenters. The molecule has 0 bridgehead atoms.